The highest BCUT2D eigenvalue weighted by atomic mass is 16.5. The molecular formula is C14H15N3O3. The molecule has 1 N–H and O–H groups in total. The molecule has 0 atom stereocenters. The lowest BCUT2D eigenvalue weighted by Gasteiger charge is -2.26. The van der Waals surface area contributed by atoms with Gasteiger partial charge < -0.3 is 14.6 Å². The molecule has 20 heavy (non-hydrogen) atoms. The summed E-state index contributed by atoms with van der Waals surface area (Å²) in [5.41, 5.74) is 1.21. The number of hydrogen-bond acceptors (Lipinski definition) is 4. The average Bonchev–Trinajstić information content (AvgIpc) is 2.48. The van der Waals surface area contributed by atoms with Crippen LogP contribution in [0.1, 0.15) is 16.1 Å². The van der Waals surface area contributed by atoms with Crippen LogP contribution in [0.4, 0.5) is 0 Å². The molecule has 2 aromatic rings. The lowest BCUT2D eigenvalue weighted by atomic mass is 10.1. The first-order valence-corrected chi connectivity index (χ1v) is 6.53. The quantitative estimate of drug-likeness (QED) is 0.830. The van der Waals surface area contributed by atoms with Crippen LogP contribution in [0.2, 0.25) is 0 Å². The van der Waals surface area contributed by atoms with E-state index in [9.17, 15) is 9.59 Å². The summed E-state index contributed by atoms with van der Waals surface area (Å²) < 4.78 is 5.21. The molecule has 0 saturated carbocycles. The highest BCUT2D eigenvalue weighted by Crippen LogP contribution is 2.09. The smallest absolute Gasteiger partial charge is 0.259 e. The number of pyridine rings is 2. The number of carbonyl (C=O) groups excluding carboxylic acids is 1. The Kier molecular flexibility index (Phi) is 3.23. The Bertz CT molecular complexity index is 717. The van der Waals surface area contributed by atoms with Crippen LogP contribution in [0.5, 0.6) is 0 Å². The number of aromatic amines is 1. The van der Waals surface area contributed by atoms with Gasteiger partial charge in [0, 0.05) is 25.0 Å². The SMILES string of the molecule is Cc1ccc2c(=O)c(C(=O)N3CCOCC3)c[nH]c2n1. The molecule has 1 fully saturated rings. The third-order valence-corrected chi connectivity index (χ3v) is 3.41. The third kappa shape index (κ3) is 2.18. The largest absolute Gasteiger partial charge is 0.378 e. The number of aryl methyl sites for hydroxylation is 1. The van der Waals surface area contributed by atoms with Crippen molar-refractivity contribution in [2.75, 3.05) is 26.3 Å². The molecule has 0 spiro atoms. The number of H-pyrrole nitrogens is 1. The van der Waals surface area contributed by atoms with Crippen molar-refractivity contribution in [1.82, 2.24) is 14.9 Å². The fourth-order valence-corrected chi connectivity index (χ4v) is 2.30. The normalized spacial score (nSPS) is 15.6. The van der Waals surface area contributed by atoms with Gasteiger partial charge in [-0.05, 0) is 19.1 Å². The molecule has 6 nitrogen and oxygen atoms in total. The van der Waals surface area contributed by atoms with Gasteiger partial charge in [0.1, 0.15) is 11.2 Å². The van der Waals surface area contributed by atoms with E-state index in [-0.39, 0.29) is 16.9 Å². The van der Waals surface area contributed by atoms with E-state index in [0.717, 1.165) is 5.69 Å². The van der Waals surface area contributed by atoms with Crippen LogP contribution < -0.4 is 5.43 Å². The summed E-state index contributed by atoms with van der Waals surface area (Å²) in [4.78, 5) is 33.6. The molecule has 3 rings (SSSR count). The van der Waals surface area contributed by atoms with E-state index in [0.29, 0.717) is 37.3 Å². The molecule has 6 heteroatoms. The second-order valence-corrected chi connectivity index (χ2v) is 4.78. The zero-order valence-electron chi connectivity index (χ0n) is 11.2. The molecule has 104 valence electrons. The standard InChI is InChI=1S/C14H15N3O3/c1-9-2-3-10-12(18)11(8-15-13(10)16-9)14(19)17-4-6-20-7-5-17/h2-3,8H,4-7H2,1H3,(H,15,16,18). The predicted molar refractivity (Wildman–Crippen MR) is 73.8 cm³/mol. The van der Waals surface area contributed by atoms with Gasteiger partial charge in [0.15, 0.2) is 0 Å². The van der Waals surface area contributed by atoms with E-state index in [1.165, 1.54) is 6.20 Å². The summed E-state index contributed by atoms with van der Waals surface area (Å²) in [6, 6.07) is 3.47. The Balaban J connectivity index is 2.03. The van der Waals surface area contributed by atoms with E-state index < -0.39 is 0 Å². The summed E-state index contributed by atoms with van der Waals surface area (Å²) >= 11 is 0. The highest BCUT2D eigenvalue weighted by molar-refractivity contribution is 5.96. The molecular weight excluding hydrogens is 258 g/mol. The van der Waals surface area contributed by atoms with E-state index in [1.54, 1.807) is 17.0 Å². The van der Waals surface area contributed by atoms with E-state index in [1.807, 2.05) is 6.92 Å². The van der Waals surface area contributed by atoms with Gasteiger partial charge in [-0.1, -0.05) is 0 Å². The summed E-state index contributed by atoms with van der Waals surface area (Å²) in [6.45, 7) is 3.91. The van der Waals surface area contributed by atoms with Gasteiger partial charge in [-0.3, -0.25) is 9.59 Å². The number of carbonyl (C=O) groups is 1. The number of ether oxygens (including phenoxy) is 1. The number of aromatic nitrogens is 2. The average molecular weight is 273 g/mol. The monoisotopic (exact) mass is 273 g/mol. The summed E-state index contributed by atoms with van der Waals surface area (Å²) in [5.74, 6) is -0.253. The predicted octanol–water partition coefficient (Wildman–Crippen LogP) is 0.704. The number of fused-ring (bicyclic) bond motifs is 1. The first-order chi connectivity index (χ1) is 9.66. The molecule has 0 unspecified atom stereocenters. The second-order valence-electron chi connectivity index (χ2n) is 4.78. The number of nitrogens with zero attached hydrogens (tertiary/aromatic N) is 2. The van der Waals surface area contributed by atoms with Crippen LogP contribution in [0.15, 0.2) is 23.1 Å². The van der Waals surface area contributed by atoms with Gasteiger partial charge in [0.2, 0.25) is 5.43 Å². The Morgan fingerprint density at radius 2 is 2.10 bits per heavy atom. The van der Waals surface area contributed by atoms with Crippen LogP contribution >= 0.6 is 0 Å². The van der Waals surface area contributed by atoms with Crippen molar-refractivity contribution in [2.24, 2.45) is 0 Å². The maximum Gasteiger partial charge on any atom is 0.259 e. The van der Waals surface area contributed by atoms with Crippen molar-refractivity contribution in [1.29, 1.82) is 0 Å². The molecule has 1 aliphatic heterocycles. The summed E-state index contributed by atoms with van der Waals surface area (Å²) in [5, 5.41) is 0.440. The molecule has 0 radical (unpaired) electrons. The van der Waals surface area contributed by atoms with Crippen LogP contribution in [0, 0.1) is 6.92 Å². The van der Waals surface area contributed by atoms with Gasteiger partial charge in [-0.15, -0.1) is 0 Å². The lowest BCUT2D eigenvalue weighted by Crippen LogP contribution is -2.42. The number of rotatable bonds is 1. The Morgan fingerprint density at radius 3 is 2.85 bits per heavy atom. The van der Waals surface area contributed by atoms with Gasteiger partial charge in [-0.2, -0.15) is 0 Å². The van der Waals surface area contributed by atoms with Gasteiger partial charge >= 0.3 is 0 Å². The molecule has 1 aliphatic rings. The minimum Gasteiger partial charge on any atom is -0.378 e. The third-order valence-electron chi connectivity index (χ3n) is 3.41. The minimum absolute atomic E-state index is 0.157. The summed E-state index contributed by atoms with van der Waals surface area (Å²) in [6.07, 6.45) is 1.45. The maximum absolute atomic E-state index is 12.4. The topological polar surface area (TPSA) is 75.3 Å². The minimum atomic E-state index is -0.275. The van der Waals surface area contributed by atoms with Gasteiger partial charge in [-0.25, -0.2) is 4.98 Å². The molecule has 3 heterocycles. The van der Waals surface area contributed by atoms with E-state index in [2.05, 4.69) is 9.97 Å². The first-order valence-electron chi connectivity index (χ1n) is 6.53. The highest BCUT2D eigenvalue weighted by Gasteiger charge is 2.21. The molecule has 0 aromatic carbocycles. The number of hydrogen-bond donors (Lipinski definition) is 1. The van der Waals surface area contributed by atoms with Crippen LogP contribution in [-0.2, 0) is 4.74 Å². The number of amides is 1. The van der Waals surface area contributed by atoms with E-state index in [4.69, 9.17) is 4.74 Å². The second kappa shape index (κ2) is 5.05. The lowest BCUT2D eigenvalue weighted by molar-refractivity contribution is 0.0302. The number of morpholine rings is 1. The first kappa shape index (κ1) is 12.8. The van der Waals surface area contributed by atoms with Crippen LogP contribution in [0.25, 0.3) is 11.0 Å². The van der Waals surface area contributed by atoms with Gasteiger partial charge in [0.25, 0.3) is 5.91 Å². The van der Waals surface area contributed by atoms with Gasteiger partial charge in [0.05, 0.1) is 18.6 Å². The van der Waals surface area contributed by atoms with Crippen molar-refractivity contribution in [3.8, 4) is 0 Å². The molecule has 1 saturated heterocycles. The van der Waals surface area contributed by atoms with Crippen molar-refractivity contribution in [2.45, 2.75) is 6.92 Å². The van der Waals surface area contributed by atoms with Crippen molar-refractivity contribution < 1.29 is 9.53 Å². The zero-order chi connectivity index (χ0) is 14.1. The summed E-state index contributed by atoms with van der Waals surface area (Å²) in [7, 11) is 0. The Morgan fingerprint density at radius 1 is 1.35 bits per heavy atom. The molecule has 0 bridgehead atoms. The Hall–Kier alpha value is -2.21. The van der Waals surface area contributed by atoms with Crippen molar-refractivity contribution in [3.05, 3.63) is 39.8 Å². The van der Waals surface area contributed by atoms with Crippen LogP contribution in [-0.4, -0.2) is 47.1 Å². The maximum atomic E-state index is 12.4. The fourth-order valence-electron chi connectivity index (χ4n) is 2.30. The zero-order valence-corrected chi connectivity index (χ0v) is 11.2. The van der Waals surface area contributed by atoms with Crippen molar-refractivity contribution in [3.63, 3.8) is 0 Å². The van der Waals surface area contributed by atoms with Crippen molar-refractivity contribution >= 4 is 16.9 Å². The van der Waals surface area contributed by atoms with Crippen LogP contribution in [0.3, 0.4) is 0 Å². The molecule has 0 aliphatic carbocycles. The Labute approximate surface area is 115 Å². The van der Waals surface area contributed by atoms with E-state index >= 15 is 0 Å². The molecule has 1 amide bonds. The fraction of sp³-hybridized carbons (Fsp3) is 0.357. The number of nitrogens with one attached hydrogen (secondary N) is 1. The molecule has 2 aromatic heterocycles.